The van der Waals surface area contributed by atoms with Crippen molar-refractivity contribution in [3.05, 3.63) is 47.5 Å². The number of rotatable bonds is 5. The van der Waals surface area contributed by atoms with E-state index in [0.29, 0.717) is 28.3 Å². The van der Waals surface area contributed by atoms with Gasteiger partial charge in [-0.05, 0) is 53.6 Å². The van der Waals surface area contributed by atoms with Crippen molar-refractivity contribution >= 4 is 46.6 Å². The second kappa shape index (κ2) is 7.73. The molecule has 2 heterocycles. The second-order valence-corrected chi connectivity index (χ2v) is 8.93. The summed E-state index contributed by atoms with van der Waals surface area (Å²) in [5.41, 5.74) is 2.15. The third-order valence-corrected chi connectivity index (χ3v) is 6.43. The molecule has 30 heavy (non-hydrogen) atoms. The predicted molar refractivity (Wildman–Crippen MR) is 114 cm³/mol. The van der Waals surface area contributed by atoms with E-state index in [1.54, 1.807) is 18.2 Å². The van der Waals surface area contributed by atoms with Gasteiger partial charge in [-0.2, -0.15) is 0 Å². The van der Waals surface area contributed by atoms with Gasteiger partial charge < -0.3 is 10.6 Å². The first-order valence-electron chi connectivity index (χ1n) is 9.52. The predicted octanol–water partition coefficient (Wildman–Crippen LogP) is 3.77. The highest BCUT2D eigenvalue weighted by molar-refractivity contribution is 8.01. The minimum absolute atomic E-state index is 0.0581. The van der Waals surface area contributed by atoms with Gasteiger partial charge >= 0.3 is 0 Å². The van der Waals surface area contributed by atoms with Crippen LogP contribution in [-0.4, -0.2) is 37.3 Å². The lowest BCUT2D eigenvalue weighted by Gasteiger charge is -2.23. The molecule has 2 aromatic carbocycles. The molecule has 0 unspecified atom stereocenters. The third-order valence-electron chi connectivity index (χ3n) is 4.92. The lowest BCUT2D eigenvalue weighted by Crippen LogP contribution is -2.32. The highest BCUT2D eigenvalue weighted by atomic mass is 35.5. The molecule has 1 atom stereocenters. The maximum absolute atomic E-state index is 12.6. The van der Waals surface area contributed by atoms with Gasteiger partial charge in [0, 0.05) is 27.6 Å². The number of benzene rings is 2. The first-order valence-corrected chi connectivity index (χ1v) is 10.8. The van der Waals surface area contributed by atoms with Crippen LogP contribution in [0.2, 0.25) is 5.02 Å². The minimum atomic E-state index is -0.510. The van der Waals surface area contributed by atoms with Crippen molar-refractivity contribution in [3.63, 3.8) is 0 Å². The molecule has 1 fully saturated rings. The molecule has 152 valence electrons. The zero-order valence-corrected chi connectivity index (χ0v) is 17.3. The number of tetrazole rings is 1. The highest BCUT2D eigenvalue weighted by Crippen LogP contribution is 2.39. The standard InChI is InChI=1S/C20H17ClN6O2S/c21-12-4-7-16-15(9-12)23-20(29)17(30-16)10-18(28)22-13-3-1-2-11(8-13)19-24-25-26-27(19)14-5-6-14/h1-4,7-9,14,17H,5-6,10H2,(H,22,28)(H,23,29)/t17-/m1/s1. The summed E-state index contributed by atoms with van der Waals surface area (Å²) >= 11 is 7.34. The van der Waals surface area contributed by atoms with Crippen molar-refractivity contribution in [2.24, 2.45) is 0 Å². The van der Waals surface area contributed by atoms with Crippen molar-refractivity contribution in [1.29, 1.82) is 0 Å². The summed E-state index contributed by atoms with van der Waals surface area (Å²) < 4.78 is 1.83. The average molecular weight is 441 g/mol. The zero-order valence-electron chi connectivity index (χ0n) is 15.7. The maximum atomic E-state index is 12.6. The van der Waals surface area contributed by atoms with E-state index in [9.17, 15) is 9.59 Å². The number of nitrogens with one attached hydrogen (secondary N) is 2. The molecule has 0 saturated heterocycles. The van der Waals surface area contributed by atoms with E-state index >= 15 is 0 Å². The largest absolute Gasteiger partial charge is 0.326 e. The summed E-state index contributed by atoms with van der Waals surface area (Å²) in [6, 6.07) is 13.1. The first-order chi connectivity index (χ1) is 14.6. The summed E-state index contributed by atoms with van der Waals surface area (Å²) in [4.78, 5) is 25.9. The molecule has 1 saturated carbocycles. The Labute approximate surface area is 181 Å². The van der Waals surface area contributed by atoms with Gasteiger partial charge in [0.1, 0.15) is 0 Å². The molecule has 5 rings (SSSR count). The monoisotopic (exact) mass is 440 g/mol. The highest BCUT2D eigenvalue weighted by Gasteiger charge is 2.30. The van der Waals surface area contributed by atoms with Gasteiger partial charge in [-0.15, -0.1) is 16.9 Å². The maximum Gasteiger partial charge on any atom is 0.238 e. The van der Waals surface area contributed by atoms with Gasteiger partial charge in [0.25, 0.3) is 0 Å². The zero-order chi connectivity index (χ0) is 20.7. The van der Waals surface area contributed by atoms with Gasteiger partial charge in [-0.25, -0.2) is 4.68 Å². The average Bonchev–Trinajstić information content (AvgIpc) is 3.45. The number of carbonyl (C=O) groups excluding carboxylic acids is 2. The molecule has 0 spiro atoms. The Morgan fingerprint density at radius 3 is 2.97 bits per heavy atom. The number of carbonyl (C=O) groups is 2. The molecule has 8 nitrogen and oxygen atoms in total. The summed E-state index contributed by atoms with van der Waals surface area (Å²) in [6.45, 7) is 0. The Hall–Kier alpha value is -2.91. The van der Waals surface area contributed by atoms with E-state index in [0.717, 1.165) is 23.3 Å². The summed E-state index contributed by atoms with van der Waals surface area (Å²) in [7, 11) is 0. The number of halogens is 1. The Morgan fingerprint density at radius 1 is 1.27 bits per heavy atom. The van der Waals surface area contributed by atoms with Crippen LogP contribution in [0.1, 0.15) is 25.3 Å². The van der Waals surface area contributed by atoms with E-state index in [-0.39, 0.29) is 18.2 Å². The van der Waals surface area contributed by atoms with Crippen LogP contribution in [0.3, 0.4) is 0 Å². The number of thioether (sulfide) groups is 1. The molecule has 2 amide bonds. The second-order valence-electron chi connectivity index (χ2n) is 7.25. The number of amides is 2. The van der Waals surface area contributed by atoms with Crippen LogP contribution < -0.4 is 10.6 Å². The summed E-state index contributed by atoms with van der Waals surface area (Å²) in [5.74, 6) is 0.243. The Morgan fingerprint density at radius 2 is 2.13 bits per heavy atom. The number of hydrogen-bond acceptors (Lipinski definition) is 6. The SMILES string of the molecule is O=C(C[C@H]1Sc2ccc(Cl)cc2NC1=O)Nc1cccc(-c2nnnn2C2CC2)c1. The molecule has 0 bridgehead atoms. The normalized spacial score (nSPS) is 17.9. The van der Waals surface area contributed by atoms with Gasteiger partial charge in [0.15, 0.2) is 5.82 Å². The number of nitrogens with zero attached hydrogens (tertiary/aromatic N) is 4. The Balaban J connectivity index is 1.27. The lowest BCUT2D eigenvalue weighted by atomic mass is 10.1. The van der Waals surface area contributed by atoms with E-state index in [4.69, 9.17) is 11.6 Å². The van der Waals surface area contributed by atoms with Crippen molar-refractivity contribution in [1.82, 2.24) is 20.2 Å². The first kappa shape index (κ1) is 19.1. The number of fused-ring (bicyclic) bond motifs is 1. The van der Waals surface area contributed by atoms with Crippen molar-refractivity contribution in [2.45, 2.75) is 35.4 Å². The molecule has 0 radical (unpaired) electrons. The third kappa shape index (κ3) is 3.90. The quantitative estimate of drug-likeness (QED) is 0.626. The fraction of sp³-hybridized carbons (Fsp3) is 0.250. The van der Waals surface area contributed by atoms with Crippen LogP contribution in [-0.2, 0) is 9.59 Å². The molecular formula is C20H17ClN6O2S. The van der Waals surface area contributed by atoms with Gasteiger partial charge in [0.2, 0.25) is 11.8 Å². The fourth-order valence-corrected chi connectivity index (χ4v) is 4.59. The van der Waals surface area contributed by atoms with E-state index < -0.39 is 5.25 Å². The Bertz CT molecular complexity index is 1150. The van der Waals surface area contributed by atoms with Crippen LogP contribution in [0.4, 0.5) is 11.4 Å². The smallest absolute Gasteiger partial charge is 0.238 e. The number of hydrogen-bond donors (Lipinski definition) is 2. The topological polar surface area (TPSA) is 102 Å². The molecule has 3 aromatic rings. The van der Waals surface area contributed by atoms with Crippen LogP contribution in [0.25, 0.3) is 11.4 Å². The van der Waals surface area contributed by atoms with Gasteiger partial charge in [-0.1, -0.05) is 23.7 Å². The molecule has 2 aliphatic rings. The van der Waals surface area contributed by atoms with Gasteiger partial charge in [-0.3, -0.25) is 9.59 Å². The minimum Gasteiger partial charge on any atom is -0.326 e. The van der Waals surface area contributed by atoms with Crippen LogP contribution in [0.15, 0.2) is 47.4 Å². The molecular weight excluding hydrogens is 424 g/mol. The fourth-order valence-electron chi connectivity index (χ4n) is 3.32. The van der Waals surface area contributed by atoms with Crippen molar-refractivity contribution < 1.29 is 9.59 Å². The molecule has 1 aromatic heterocycles. The van der Waals surface area contributed by atoms with E-state index in [1.165, 1.54) is 11.8 Å². The lowest BCUT2D eigenvalue weighted by molar-refractivity contribution is -0.120. The summed E-state index contributed by atoms with van der Waals surface area (Å²) in [5, 5.41) is 17.7. The van der Waals surface area contributed by atoms with Crippen molar-refractivity contribution in [3.8, 4) is 11.4 Å². The molecule has 1 aliphatic heterocycles. The molecule has 1 aliphatic carbocycles. The van der Waals surface area contributed by atoms with Crippen LogP contribution >= 0.6 is 23.4 Å². The number of aromatic nitrogens is 4. The summed E-state index contributed by atoms with van der Waals surface area (Å²) in [6.07, 6.45) is 2.21. The van der Waals surface area contributed by atoms with Gasteiger partial charge in [0.05, 0.1) is 17.0 Å². The molecule has 10 heteroatoms. The molecule has 2 N–H and O–H groups in total. The Kier molecular flexibility index (Phi) is 4.92. The van der Waals surface area contributed by atoms with Crippen LogP contribution in [0.5, 0.6) is 0 Å². The number of anilines is 2. The van der Waals surface area contributed by atoms with E-state index in [1.807, 2.05) is 28.9 Å². The van der Waals surface area contributed by atoms with Crippen molar-refractivity contribution in [2.75, 3.05) is 10.6 Å². The van der Waals surface area contributed by atoms with Crippen LogP contribution in [0, 0.1) is 0 Å². The van der Waals surface area contributed by atoms with E-state index in [2.05, 4.69) is 26.2 Å².